The molecule has 1 aliphatic carbocycles. The van der Waals surface area contributed by atoms with Crippen LogP contribution in [0.25, 0.3) is 5.69 Å². The van der Waals surface area contributed by atoms with E-state index in [2.05, 4.69) is 29.6 Å². The minimum absolute atomic E-state index is 0.220. The second-order valence-corrected chi connectivity index (χ2v) is 10.0. The lowest BCUT2D eigenvalue weighted by Gasteiger charge is -2.32. The topological polar surface area (TPSA) is 63.0 Å². The molecule has 0 N–H and O–H groups in total. The number of fused-ring (bicyclic) bond motifs is 3. The summed E-state index contributed by atoms with van der Waals surface area (Å²) in [4.78, 5) is 12.6. The number of nitrogens with zero attached hydrogens (tertiary/aromatic N) is 7. The molecule has 2 aromatic heterocycles. The van der Waals surface area contributed by atoms with E-state index >= 15 is 0 Å². The number of piperidine rings is 1. The van der Waals surface area contributed by atoms with Gasteiger partial charge in [0.15, 0.2) is 5.82 Å². The molecule has 10 heteroatoms. The third-order valence-electron chi connectivity index (χ3n) is 7.14. The van der Waals surface area contributed by atoms with Gasteiger partial charge in [-0.15, -0.1) is 10.2 Å². The third kappa shape index (κ3) is 4.15. The van der Waals surface area contributed by atoms with Crippen molar-refractivity contribution in [2.45, 2.75) is 50.6 Å². The smallest absolute Gasteiger partial charge is 0.263 e. The van der Waals surface area contributed by atoms with E-state index < -0.39 is 11.8 Å². The molecular formula is C24H26ClF2N7. The van der Waals surface area contributed by atoms with Gasteiger partial charge in [-0.05, 0) is 49.4 Å². The Bertz CT molecular complexity index is 1170. The van der Waals surface area contributed by atoms with Crippen LogP contribution in [-0.2, 0) is 13.1 Å². The maximum atomic E-state index is 14.7. The van der Waals surface area contributed by atoms with Crippen molar-refractivity contribution in [1.82, 2.24) is 29.6 Å². The lowest BCUT2D eigenvalue weighted by Crippen LogP contribution is -2.37. The molecule has 6 rings (SSSR count). The summed E-state index contributed by atoms with van der Waals surface area (Å²) in [6, 6.07) is 5.69. The molecule has 178 valence electrons. The lowest BCUT2D eigenvalue weighted by atomic mass is 9.95. The Kier molecular flexibility index (Phi) is 5.49. The van der Waals surface area contributed by atoms with Crippen molar-refractivity contribution in [1.29, 1.82) is 0 Å². The van der Waals surface area contributed by atoms with Crippen molar-refractivity contribution in [2.75, 3.05) is 24.5 Å². The second kappa shape index (κ2) is 8.53. The van der Waals surface area contributed by atoms with Crippen LogP contribution < -0.4 is 4.90 Å². The Morgan fingerprint density at radius 2 is 1.85 bits per heavy atom. The summed E-state index contributed by atoms with van der Waals surface area (Å²) in [5, 5.41) is 9.67. The van der Waals surface area contributed by atoms with E-state index in [1.165, 1.54) is 0 Å². The maximum absolute atomic E-state index is 14.7. The molecule has 1 aromatic carbocycles. The molecule has 1 saturated heterocycles. The summed E-state index contributed by atoms with van der Waals surface area (Å²) < 4.78 is 31.5. The largest absolute Gasteiger partial charge is 0.355 e. The highest BCUT2D eigenvalue weighted by molar-refractivity contribution is 6.30. The average Bonchev–Trinajstić information content (AvgIpc) is 3.64. The van der Waals surface area contributed by atoms with Gasteiger partial charge in [-0.1, -0.05) is 11.6 Å². The number of hydrogen-bond donors (Lipinski definition) is 0. The monoisotopic (exact) mass is 485 g/mol. The van der Waals surface area contributed by atoms with Crippen LogP contribution in [-0.4, -0.2) is 55.2 Å². The standard InChI is InChI=1S/C24H26ClF2N7/c25-19-3-4-20-17(11-19)13-32(15-24(26,27)18-1-2-18)14-22-30-31-23(34(20)22)16-5-9-33(10-6-16)21-12-28-7-8-29-21/h3-4,7-8,11-12,16,18H,1-2,5-6,9-10,13-15H2. The normalized spacial score (nSPS) is 19.6. The summed E-state index contributed by atoms with van der Waals surface area (Å²) in [6.07, 6.45) is 8.20. The fourth-order valence-electron chi connectivity index (χ4n) is 5.22. The molecule has 0 amide bonds. The number of benzene rings is 1. The molecule has 3 aliphatic rings. The van der Waals surface area contributed by atoms with Crippen LogP contribution in [0.4, 0.5) is 14.6 Å². The highest BCUT2D eigenvalue weighted by atomic mass is 35.5. The van der Waals surface area contributed by atoms with E-state index in [-0.39, 0.29) is 12.5 Å². The fraction of sp³-hybridized carbons (Fsp3) is 0.500. The highest BCUT2D eigenvalue weighted by Gasteiger charge is 2.48. The van der Waals surface area contributed by atoms with Crippen LogP contribution in [0.1, 0.15) is 48.8 Å². The van der Waals surface area contributed by atoms with E-state index in [1.807, 2.05) is 18.2 Å². The van der Waals surface area contributed by atoms with Crippen LogP contribution in [0.15, 0.2) is 36.8 Å². The van der Waals surface area contributed by atoms with Crippen molar-refractivity contribution < 1.29 is 8.78 Å². The van der Waals surface area contributed by atoms with Gasteiger partial charge in [0, 0.05) is 48.9 Å². The molecule has 0 unspecified atom stereocenters. The van der Waals surface area contributed by atoms with Gasteiger partial charge in [-0.3, -0.25) is 14.5 Å². The first-order valence-electron chi connectivity index (χ1n) is 11.8. The zero-order chi connectivity index (χ0) is 23.3. The molecular weight excluding hydrogens is 460 g/mol. The molecule has 3 aromatic rings. The van der Waals surface area contributed by atoms with Crippen LogP contribution in [0.5, 0.6) is 0 Å². The predicted molar refractivity (Wildman–Crippen MR) is 124 cm³/mol. The average molecular weight is 486 g/mol. The Hall–Kier alpha value is -2.65. The van der Waals surface area contributed by atoms with Crippen molar-refractivity contribution in [3.8, 4) is 5.69 Å². The maximum Gasteiger partial charge on any atom is 0.263 e. The van der Waals surface area contributed by atoms with Gasteiger partial charge in [-0.25, -0.2) is 13.8 Å². The summed E-state index contributed by atoms with van der Waals surface area (Å²) in [5.41, 5.74) is 1.86. The molecule has 0 atom stereocenters. The lowest BCUT2D eigenvalue weighted by molar-refractivity contribution is -0.0558. The van der Waals surface area contributed by atoms with Gasteiger partial charge < -0.3 is 4.90 Å². The summed E-state index contributed by atoms with van der Waals surface area (Å²) in [7, 11) is 0. The SMILES string of the molecule is FC(F)(CN1Cc2cc(Cl)ccc2-n2c(nnc2C2CCN(c3cnccn3)CC2)C1)C1CC1. The van der Waals surface area contributed by atoms with E-state index in [4.69, 9.17) is 11.6 Å². The molecule has 0 radical (unpaired) electrons. The van der Waals surface area contributed by atoms with Crippen molar-refractivity contribution in [2.24, 2.45) is 5.92 Å². The van der Waals surface area contributed by atoms with E-state index in [9.17, 15) is 8.78 Å². The molecule has 2 fully saturated rings. The highest BCUT2D eigenvalue weighted by Crippen LogP contribution is 2.44. The Morgan fingerprint density at radius 3 is 2.59 bits per heavy atom. The second-order valence-electron chi connectivity index (χ2n) is 9.59. The minimum Gasteiger partial charge on any atom is -0.355 e. The van der Waals surface area contributed by atoms with Crippen LogP contribution in [0, 0.1) is 5.92 Å². The molecule has 1 saturated carbocycles. The first-order valence-corrected chi connectivity index (χ1v) is 12.2. The van der Waals surface area contributed by atoms with E-state index in [1.54, 1.807) is 23.5 Å². The van der Waals surface area contributed by atoms with Crippen LogP contribution in [0.2, 0.25) is 5.02 Å². The quantitative estimate of drug-likeness (QED) is 0.532. The number of aromatic nitrogens is 5. The van der Waals surface area contributed by atoms with Crippen LogP contribution in [0.3, 0.4) is 0 Å². The Morgan fingerprint density at radius 1 is 1.03 bits per heavy atom. The number of halogens is 3. The fourth-order valence-corrected chi connectivity index (χ4v) is 5.42. The first kappa shape index (κ1) is 21.9. The number of anilines is 1. The van der Waals surface area contributed by atoms with Gasteiger partial charge in [0.25, 0.3) is 5.92 Å². The van der Waals surface area contributed by atoms with Crippen molar-refractivity contribution >= 4 is 17.4 Å². The molecule has 0 bridgehead atoms. The zero-order valence-electron chi connectivity index (χ0n) is 18.7. The molecule has 34 heavy (non-hydrogen) atoms. The first-order chi connectivity index (χ1) is 16.5. The predicted octanol–water partition coefficient (Wildman–Crippen LogP) is 4.46. The number of rotatable bonds is 5. The van der Waals surface area contributed by atoms with Gasteiger partial charge in [0.05, 0.1) is 25.0 Å². The third-order valence-corrected chi connectivity index (χ3v) is 7.37. The number of alkyl halides is 2. The molecule has 7 nitrogen and oxygen atoms in total. The Labute approximate surface area is 201 Å². The molecule has 0 spiro atoms. The van der Waals surface area contributed by atoms with Gasteiger partial charge in [0.1, 0.15) is 11.6 Å². The summed E-state index contributed by atoms with van der Waals surface area (Å²) in [5.74, 6) is -0.482. The van der Waals surface area contributed by atoms with Crippen molar-refractivity contribution in [3.05, 3.63) is 59.0 Å². The minimum atomic E-state index is -2.69. The molecule has 4 heterocycles. The van der Waals surface area contributed by atoms with Crippen LogP contribution >= 0.6 is 11.6 Å². The zero-order valence-corrected chi connectivity index (χ0v) is 19.5. The van der Waals surface area contributed by atoms with E-state index in [0.717, 1.165) is 48.8 Å². The van der Waals surface area contributed by atoms with Gasteiger partial charge in [-0.2, -0.15) is 0 Å². The summed E-state index contributed by atoms with van der Waals surface area (Å²) >= 11 is 6.31. The van der Waals surface area contributed by atoms with E-state index in [0.29, 0.717) is 36.8 Å². The van der Waals surface area contributed by atoms with Gasteiger partial charge >= 0.3 is 0 Å². The molecule has 2 aliphatic heterocycles. The summed E-state index contributed by atoms with van der Waals surface area (Å²) in [6.45, 7) is 2.16. The number of hydrogen-bond acceptors (Lipinski definition) is 6. The van der Waals surface area contributed by atoms with Crippen molar-refractivity contribution in [3.63, 3.8) is 0 Å². The van der Waals surface area contributed by atoms with Gasteiger partial charge in [0.2, 0.25) is 0 Å². The Balaban J connectivity index is 1.29.